The van der Waals surface area contributed by atoms with E-state index in [1.54, 1.807) is 13.8 Å². The van der Waals surface area contributed by atoms with E-state index in [1.807, 2.05) is 0 Å². The molecular weight excluding hydrogens is 235 g/mol. The lowest BCUT2D eigenvalue weighted by Crippen LogP contribution is -2.28. The largest absolute Gasteiger partial charge is 0.480 e. The van der Waals surface area contributed by atoms with Crippen LogP contribution in [0.3, 0.4) is 0 Å². The van der Waals surface area contributed by atoms with E-state index in [-0.39, 0.29) is 0 Å². The van der Waals surface area contributed by atoms with Crippen molar-refractivity contribution >= 4 is 13.1 Å². The Hall–Kier alpha value is -1.62. The molecule has 0 heterocycles. The SMILES string of the molecule is C#CC(C)P(=O)(C(C)C#C)C(C#CC)C(=O)O. The normalized spacial score (nSPS) is 18.2. The molecule has 0 radical (unpaired) electrons. The van der Waals surface area contributed by atoms with Gasteiger partial charge in [0.15, 0.2) is 5.66 Å². The van der Waals surface area contributed by atoms with Gasteiger partial charge < -0.3 is 9.67 Å². The molecule has 0 aromatic heterocycles. The molecule has 0 rings (SSSR count). The minimum atomic E-state index is -3.33. The van der Waals surface area contributed by atoms with Crippen LogP contribution in [-0.4, -0.2) is 28.1 Å². The Labute approximate surface area is 102 Å². The third kappa shape index (κ3) is 2.94. The lowest BCUT2D eigenvalue weighted by molar-refractivity contribution is -0.135. The van der Waals surface area contributed by atoms with Gasteiger partial charge in [-0.2, -0.15) is 0 Å². The molecule has 4 heteroatoms. The van der Waals surface area contributed by atoms with Crippen molar-refractivity contribution in [2.45, 2.75) is 37.7 Å². The van der Waals surface area contributed by atoms with E-state index >= 15 is 0 Å². The van der Waals surface area contributed by atoms with Crippen molar-refractivity contribution < 1.29 is 14.5 Å². The van der Waals surface area contributed by atoms with Crippen LogP contribution in [0.15, 0.2) is 0 Å². The molecule has 0 bridgehead atoms. The zero-order valence-corrected chi connectivity index (χ0v) is 11.0. The van der Waals surface area contributed by atoms with E-state index in [9.17, 15) is 9.36 Å². The molecule has 0 spiro atoms. The maximum atomic E-state index is 12.8. The van der Waals surface area contributed by atoms with E-state index in [0.717, 1.165) is 0 Å². The first-order valence-electron chi connectivity index (χ1n) is 5.02. The van der Waals surface area contributed by atoms with Gasteiger partial charge in [0.1, 0.15) is 7.14 Å². The highest BCUT2D eigenvalue weighted by atomic mass is 31.2. The van der Waals surface area contributed by atoms with Crippen LogP contribution in [0.1, 0.15) is 20.8 Å². The highest BCUT2D eigenvalue weighted by Crippen LogP contribution is 2.58. The van der Waals surface area contributed by atoms with Crippen LogP contribution in [0.2, 0.25) is 0 Å². The smallest absolute Gasteiger partial charge is 0.326 e. The second-order valence-electron chi connectivity index (χ2n) is 3.58. The van der Waals surface area contributed by atoms with Crippen LogP contribution in [0, 0.1) is 36.5 Å². The van der Waals surface area contributed by atoms with E-state index in [2.05, 4.69) is 23.7 Å². The zero-order valence-electron chi connectivity index (χ0n) is 10.1. The first-order chi connectivity index (χ1) is 7.85. The summed E-state index contributed by atoms with van der Waals surface area (Å²) in [7, 11) is -3.33. The fraction of sp³-hybridized carbons (Fsp3) is 0.462. The van der Waals surface area contributed by atoms with Gasteiger partial charge >= 0.3 is 5.97 Å². The van der Waals surface area contributed by atoms with Gasteiger partial charge in [0.2, 0.25) is 0 Å². The van der Waals surface area contributed by atoms with Crippen molar-refractivity contribution in [1.29, 1.82) is 0 Å². The topological polar surface area (TPSA) is 54.4 Å². The molecule has 0 saturated heterocycles. The summed E-state index contributed by atoms with van der Waals surface area (Å²) in [5.74, 6) is 8.33. The third-order valence-electron chi connectivity index (χ3n) is 2.61. The van der Waals surface area contributed by atoms with Gasteiger partial charge in [-0.1, -0.05) is 17.8 Å². The predicted octanol–water partition coefficient (Wildman–Crippen LogP) is 1.87. The zero-order chi connectivity index (χ0) is 13.6. The molecule has 0 aliphatic rings. The van der Waals surface area contributed by atoms with Gasteiger partial charge in [-0.05, 0) is 20.8 Å². The number of terminal acetylenes is 2. The molecule has 0 amide bonds. The van der Waals surface area contributed by atoms with Crippen LogP contribution in [0.5, 0.6) is 0 Å². The molecule has 17 heavy (non-hydrogen) atoms. The van der Waals surface area contributed by atoms with Gasteiger partial charge in [0.05, 0.1) is 11.3 Å². The second-order valence-corrected chi connectivity index (χ2v) is 7.18. The number of carbonyl (C=O) groups is 1. The maximum Gasteiger partial charge on any atom is 0.326 e. The maximum absolute atomic E-state index is 12.8. The first-order valence-corrected chi connectivity index (χ1v) is 6.94. The van der Waals surface area contributed by atoms with Crippen molar-refractivity contribution in [2.75, 3.05) is 0 Å². The molecule has 90 valence electrons. The minimum Gasteiger partial charge on any atom is -0.480 e. The number of carboxylic acid groups (broad SMARTS) is 1. The summed E-state index contributed by atoms with van der Waals surface area (Å²) in [4.78, 5) is 11.2. The molecule has 3 unspecified atom stereocenters. The van der Waals surface area contributed by atoms with Gasteiger partial charge in [-0.15, -0.1) is 18.8 Å². The lowest BCUT2D eigenvalue weighted by atomic mass is 10.4. The Morgan fingerprint density at radius 1 is 1.24 bits per heavy atom. The monoisotopic (exact) mass is 250 g/mol. The molecule has 1 N–H and O–H groups in total. The van der Waals surface area contributed by atoms with Crippen LogP contribution in [0.4, 0.5) is 0 Å². The summed E-state index contributed by atoms with van der Waals surface area (Å²) in [6, 6.07) is 0. The summed E-state index contributed by atoms with van der Waals surface area (Å²) in [5, 5.41) is 9.12. The molecule has 0 aliphatic heterocycles. The molecular formula is C13H15O3P. The van der Waals surface area contributed by atoms with E-state index in [0.29, 0.717) is 0 Å². The first kappa shape index (κ1) is 15.4. The van der Waals surface area contributed by atoms with Crippen LogP contribution >= 0.6 is 7.14 Å². The van der Waals surface area contributed by atoms with Crippen LogP contribution < -0.4 is 0 Å². The Morgan fingerprint density at radius 2 is 1.65 bits per heavy atom. The van der Waals surface area contributed by atoms with E-state index < -0.39 is 30.1 Å². The Morgan fingerprint density at radius 3 is 1.88 bits per heavy atom. The Balaban J connectivity index is 5.85. The van der Waals surface area contributed by atoms with Crippen molar-refractivity contribution in [1.82, 2.24) is 0 Å². The second kappa shape index (κ2) is 6.20. The summed E-state index contributed by atoms with van der Waals surface area (Å²) in [5.41, 5.74) is -2.73. The predicted molar refractivity (Wildman–Crippen MR) is 69.1 cm³/mol. The number of rotatable bonds is 4. The Bertz CT molecular complexity index is 458. The number of aliphatic carboxylic acids is 1. The summed E-state index contributed by atoms with van der Waals surface area (Å²) in [6.07, 6.45) is 10.5. The van der Waals surface area contributed by atoms with E-state index in [1.165, 1.54) is 6.92 Å². The summed E-state index contributed by atoms with van der Waals surface area (Å²) >= 11 is 0. The van der Waals surface area contributed by atoms with Gasteiger partial charge in [0, 0.05) is 0 Å². The van der Waals surface area contributed by atoms with Gasteiger partial charge in [-0.25, -0.2) is 0 Å². The molecule has 0 aromatic rings. The van der Waals surface area contributed by atoms with E-state index in [4.69, 9.17) is 18.0 Å². The Kier molecular flexibility index (Phi) is 5.61. The molecule has 0 aliphatic carbocycles. The summed E-state index contributed by atoms with van der Waals surface area (Å²) in [6.45, 7) is 4.57. The number of hydrogen-bond donors (Lipinski definition) is 1. The quantitative estimate of drug-likeness (QED) is 0.612. The molecule has 3 atom stereocenters. The molecule has 0 fully saturated rings. The van der Waals surface area contributed by atoms with Gasteiger partial charge in [-0.3, -0.25) is 4.79 Å². The van der Waals surface area contributed by atoms with Gasteiger partial charge in [0.25, 0.3) is 0 Å². The minimum absolute atomic E-state index is 0.713. The average Bonchev–Trinajstić information content (AvgIpc) is 2.32. The fourth-order valence-electron chi connectivity index (χ4n) is 1.49. The van der Waals surface area contributed by atoms with Crippen LogP contribution in [0.25, 0.3) is 0 Å². The lowest BCUT2D eigenvalue weighted by Gasteiger charge is -2.27. The number of carboxylic acids is 1. The fourth-order valence-corrected chi connectivity index (χ4v) is 4.19. The summed E-state index contributed by atoms with van der Waals surface area (Å²) < 4.78 is 12.8. The van der Waals surface area contributed by atoms with Crippen molar-refractivity contribution in [3.05, 3.63) is 0 Å². The van der Waals surface area contributed by atoms with Crippen molar-refractivity contribution in [3.8, 4) is 36.5 Å². The molecule has 3 nitrogen and oxygen atoms in total. The highest BCUT2D eigenvalue weighted by molar-refractivity contribution is 7.67. The number of hydrogen-bond acceptors (Lipinski definition) is 2. The third-order valence-corrected chi connectivity index (χ3v) is 6.49. The van der Waals surface area contributed by atoms with Crippen molar-refractivity contribution in [2.24, 2.45) is 0 Å². The standard InChI is InChI=1S/C13H15O3P/c1-6-9-12(13(14)15)17(16,10(4)7-2)11(5)8-3/h2-3,10-12H,1,4-5H3,(H,14,15). The highest BCUT2D eigenvalue weighted by Gasteiger charge is 2.45. The van der Waals surface area contributed by atoms with Crippen LogP contribution in [-0.2, 0) is 9.36 Å². The molecule has 0 saturated carbocycles. The van der Waals surface area contributed by atoms with Crippen molar-refractivity contribution in [3.63, 3.8) is 0 Å². The average molecular weight is 250 g/mol. The molecule has 0 aromatic carbocycles.